The summed E-state index contributed by atoms with van der Waals surface area (Å²) in [6.45, 7) is 2.16. The van der Waals surface area contributed by atoms with E-state index >= 15 is 0 Å². The Morgan fingerprint density at radius 3 is 2.67 bits per heavy atom. The fraction of sp³-hybridized carbons (Fsp3) is 0.154. The van der Waals surface area contributed by atoms with E-state index in [-0.39, 0.29) is 21.5 Å². The first kappa shape index (κ1) is 16.4. The number of thiophene rings is 1. The molecule has 0 radical (unpaired) electrons. The van der Waals surface area contributed by atoms with Crippen LogP contribution in [0.25, 0.3) is 0 Å². The van der Waals surface area contributed by atoms with Crippen molar-refractivity contribution in [2.45, 2.75) is 18.4 Å². The first-order valence-corrected chi connectivity index (χ1v) is 9.13. The topological polar surface area (TPSA) is 72.2 Å². The van der Waals surface area contributed by atoms with Crippen LogP contribution in [0.5, 0.6) is 0 Å². The minimum absolute atomic E-state index is 0.0112. The molecule has 0 atom stereocenters. The Kier molecular flexibility index (Phi) is 5.00. The van der Waals surface area contributed by atoms with Crippen molar-refractivity contribution in [1.29, 1.82) is 0 Å². The van der Waals surface area contributed by atoms with Crippen LogP contribution >= 0.6 is 35.2 Å². The van der Waals surface area contributed by atoms with Gasteiger partial charge in [0.25, 0.3) is 0 Å². The van der Waals surface area contributed by atoms with Gasteiger partial charge in [0.2, 0.25) is 10.0 Å². The quantitative estimate of drug-likeness (QED) is 0.804. The molecular formula is C13H13ClN2O2S3. The summed E-state index contributed by atoms with van der Waals surface area (Å²) in [5, 5.41) is 3.97. The maximum Gasteiger partial charge on any atom is 0.242 e. The van der Waals surface area contributed by atoms with Gasteiger partial charge in [-0.25, -0.2) is 13.1 Å². The predicted molar refractivity (Wildman–Crippen MR) is 90.4 cm³/mol. The van der Waals surface area contributed by atoms with Crippen molar-refractivity contribution < 1.29 is 8.42 Å². The predicted octanol–water partition coefficient (Wildman–Crippen LogP) is 2.82. The summed E-state index contributed by atoms with van der Waals surface area (Å²) in [5.41, 5.74) is 8.02. The third-order valence-electron chi connectivity index (χ3n) is 2.92. The van der Waals surface area contributed by atoms with Crippen molar-refractivity contribution in [2.24, 2.45) is 5.73 Å². The molecule has 0 saturated carbocycles. The molecule has 3 N–H and O–H groups in total. The van der Waals surface area contributed by atoms with Crippen molar-refractivity contribution in [3.63, 3.8) is 0 Å². The molecule has 1 aromatic heterocycles. The van der Waals surface area contributed by atoms with Gasteiger partial charge in [-0.15, -0.1) is 0 Å². The van der Waals surface area contributed by atoms with Crippen LogP contribution in [0.15, 0.2) is 33.9 Å². The zero-order valence-corrected chi connectivity index (χ0v) is 14.3. The molecule has 0 spiro atoms. The van der Waals surface area contributed by atoms with Crippen LogP contribution in [0.1, 0.15) is 16.7 Å². The molecular weight excluding hydrogens is 348 g/mol. The second-order valence-corrected chi connectivity index (χ2v) is 7.74. The van der Waals surface area contributed by atoms with Crippen LogP contribution in [0, 0.1) is 6.92 Å². The lowest BCUT2D eigenvalue weighted by Crippen LogP contribution is -2.24. The Balaban J connectivity index is 2.23. The summed E-state index contributed by atoms with van der Waals surface area (Å²) in [6.07, 6.45) is 0. The van der Waals surface area contributed by atoms with E-state index in [4.69, 9.17) is 29.6 Å². The van der Waals surface area contributed by atoms with Gasteiger partial charge in [0.05, 0.1) is 5.02 Å². The van der Waals surface area contributed by atoms with E-state index in [0.717, 1.165) is 11.1 Å². The number of rotatable bonds is 5. The highest BCUT2D eigenvalue weighted by molar-refractivity contribution is 7.89. The number of aryl methyl sites for hydroxylation is 1. The summed E-state index contributed by atoms with van der Waals surface area (Å²) in [7, 11) is -3.69. The highest BCUT2D eigenvalue weighted by Gasteiger charge is 2.18. The van der Waals surface area contributed by atoms with Gasteiger partial charge in [0.1, 0.15) is 9.88 Å². The van der Waals surface area contributed by atoms with E-state index in [0.29, 0.717) is 5.56 Å². The van der Waals surface area contributed by atoms with Gasteiger partial charge >= 0.3 is 0 Å². The largest absolute Gasteiger partial charge is 0.389 e. The minimum atomic E-state index is -3.69. The number of thiocarbonyl (C=S) groups is 1. The fourth-order valence-electron chi connectivity index (χ4n) is 1.69. The molecule has 0 saturated heterocycles. The number of halogens is 1. The normalized spacial score (nSPS) is 11.5. The Morgan fingerprint density at radius 1 is 1.43 bits per heavy atom. The molecule has 8 heteroatoms. The van der Waals surface area contributed by atoms with Crippen LogP contribution in [-0.4, -0.2) is 13.4 Å². The molecule has 2 aromatic rings. The lowest BCUT2D eigenvalue weighted by atomic mass is 10.2. The molecule has 0 fully saturated rings. The first-order valence-electron chi connectivity index (χ1n) is 5.92. The Labute approximate surface area is 138 Å². The molecule has 112 valence electrons. The smallest absolute Gasteiger partial charge is 0.242 e. The second-order valence-electron chi connectivity index (χ2n) is 4.41. The van der Waals surface area contributed by atoms with Gasteiger partial charge in [-0.05, 0) is 40.9 Å². The third kappa shape index (κ3) is 3.81. The summed E-state index contributed by atoms with van der Waals surface area (Å²) in [4.78, 5) is 0.180. The number of hydrogen-bond donors (Lipinski definition) is 2. The lowest BCUT2D eigenvalue weighted by molar-refractivity contribution is 0.581. The fourth-order valence-corrected chi connectivity index (χ4v) is 4.22. The molecule has 0 bridgehead atoms. The molecule has 0 aliphatic heterocycles. The summed E-state index contributed by atoms with van der Waals surface area (Å²) in [6, 6.07) is 4.40. The Hall–Kier alpha value is -0.990. The zero-order chi connectivity index (χ0) is 15.6. The van der Waals surface area contributed by atoms with Crippen molar-refractivity contribution in [3.8, 4) is 0 Å². The monoisotopic (exact) mass is 360 g/mol. The number of nitrogens with one attached hydrogen (secondary N) is 1. The van der Waals surface area contributed by atoms with Gasteiger partial charge in [-0.3, -0.25) is 0 Å². The first-order chi connectivity index (χ1) is 9.81. The summed E-state index contributed by atoms with van der Waals surface area (Å²) in [5.74, 6) is 0. The number of hydrogen-bond acceptors (Lipinski definition) is 4. The third-order valence-corrected chi connectivity index (χ3v) is 5.95. The van der Waals surface area contributed by atoms with Gasteiger partial charge in [-0.2, -0.15) is 11.3 Å². The zero-order valence-electron chi connectivity index (χ0n) is 11.1. The summed E-state index contributed by atoms with van der Waals surface area (Å²) < 4.78 is 27.1. The Bertz CT molecular complexity index is 784. The second kappa shape index (κ2) is 6.41. The molecule has 1 aromatic carbocycles. The maximum absolute atomic E-state index is 12.3. The molecule has 2 rings (SSSR count). The van der Waals surface area contributed by atoms with Gasteiger partial charge in [0.15, 0.2) is 0 Å². The van der Waals surface area contributed by atoms with Crippen LogP contribution in [0.4, 0.5) is 0 Å². The standard InChI is InChI=1S/C13H13ClN2O2S3/c1-8-6-20-7-10(8)5-16-21(17,18)12-3-2-9(13(15)19)4-11(12)14/h2-4,6-7,16H,5H2,1H3,(H2,15,19). The summed E-state index contributed by atoms with van der Waals surface area (Å²) >= 11 is 12.4. The van der Waals surface area contributed by atoms with Crippen molar-refractivity contribution in [2.75, 3.05) is 0 Å². The van der Waals surface area contributed by atoms with E-state index in [1.807, 2.05) is 17.7 Å². The SMILES string of the molecule is Cc1cscc1CNS(=O)(=O)c1ccc(C(N)=S)cc1Cl. The maximum atomic E-state index is 12.3. The lowest BCUT2D eigenvalue weighted by Gasteiger charge is -2.09. The van der Waals surface area contributed by atoms with E-state index in [2.05, 4.69) is 4.72 Å². The van der Waals surface area contributed by atoms with Crippen molar-refractivity contribution in [3.05, 3.63) is 50.7 Å². The average molecular weight is 361 g/mol. The van der Waals surface area contributed by atoms with Gasteiger partial charge in [-0.1, -0.05) is 29.9 Å². The van der Waals surface area contributed by atoms with Crippen LogP contribution < -0.4 is 10.5 Å². The average Bonchev–Trinajstić information content (AvgIpc) is 2.81. The van der Waals surface area contributed by atoms with Gasteiger partial charge < -0.3 is 5.73 Å². The van der Waals surface area contributed by atoms with Crippen molar-refractivity contribution >= 4 is 50.2 Å². The van der Waals surface area contributed by atoms with E-state index in [1.165, 1.54) is 23.5 Å². The van der Waals surface area contributed by atoms with Crippen molar-refractivity contribution in [1.82, 2.24) is 4.72 Å². The highest BCUT2D eigenvalue weighted by atomic mass is 35.5. The minimum Gasteiger partial charge on any atom is -0.389 e. The molecule has 21 heavy (non-hydrogen) atoms. The van der Waals surface area contributed by atoms with Gasteiger partial charge in [0, 0.05) is 12.1 Å². The molecule has 0 aliphatic rings. The van der Waals surface area contributed by atoms with E-state index < -0.39 is 10.0 Å². The molecule has 0 amide bonds. The molecule has 1 heterocycles. The highest BCUT2D eigenvalue weighted by Crippen LogP contribution is 2.23. The van der Waals surface area contributed by atoms with Crippen LogP contribution in [0.3, 0.4) is 0 Å². The van der Waals surface area contributed by atoms with E-state index in [9.17, 15) is 8.42 Å². The number of nitrogens with two attached hydrogens (primary N) is 1. The van der Waals surface area contributed by atoms with Crippen LogP contribution in [-0.2, 0) is 16.6 Å². The number of sulfonamides is 1. The molecule has 0 unspecified atom stereocenters. The molecule has 4 nitrogen and oxygen atoms in total. The van der Waals surface area contributed by atoms with E-state index in [1.54, 1.807) is 6.07 Å². The molecule has 0 aliphatic carbocycles. The van der Waals surface area contributed by atoms with Crippen LogP contribution in [0.2, 0.25) is 5.02 Å². The number of benzene rings is 1. The Morgan fingerprint density at radius 2 is 2.14 bits per heavy atom.